The topological polar surface area (TPSA) is 81.7 Å². The summed E-state index contributed by atoms with van der Waals surface area (Å²) >= 11 is 4.20. The van der Waals surface area contributed by atoms with Gasteiger partial charge in [-0.15, -0.1) is 11.3 Å². The standard InChI is InChI=1S/C14H14BrNO5S2/c1-9(21-11-5-3-10(20-2)4-6-11)14(17)16-23(18,19)13-8-7-12(15)22-13/h3-9H,1-2H3,(H,16,17)/t9-/m1/s1. The van der Waals surface area contributed by atoms with Crippen molar-refractivity contribution in [1.82, 2.24) is 4.72 Å². The second-order valence-corrected chi connectivity index (χ2v) is 8.84. The van der Waals surface area contributed by atoms with Gasteiger partial charge in [0.1, 0.15) is 15.7 Å². The molecule has 0 aliphatic carbocycles. The summed E-state index contributed by atoms with van der Waals surface area (Å²) < 4.78 is 37.3. The Balaban J connectivity index is 2.01. The minimum atomic E-state index is -3.90. The molecule has 1 heterocycles. The smallest absolute Gasteiger partial charge is 0.274 e. The van der Waals surface area contributed by atoms with Crippen LogP contribution in [0, 0.1) is 0 Å². The minimum absolute atomic E-state index is 0.0503. The van der Waals surface area contributed by atoms with Crippen LogP contribution in [0.5, 0.6) is 11.5 Å². The number of rotatable bonds is 6. The van der Waals surface area contributed by atoms with Crippen LogP contribution in [0.4, 0.5) is 0 Å². The van der Waals surface area contributed by atoms with Crippen LogP contribution < -0.4 is 14.2 Å². The molecule has 1 aromatic heterocycles. The molecule has 0 fully saturated rings. The van der Waals surface area contributed by atoms with Crippen molar-refractivity contribution in [3.8, 4) is 11.5 Å². The lowest BCUT2D eigenvalue weighted by Crippen LogP contribution is -2.39. The van der Waals surface area contributed by atoms with E-state index in [0.717, 1.165) is 11.3 Å². The van der Waals surface area contributed by atoms with Gasteiger partial charge in [-0.1, -0.05) is 0 Å². The maximum atomic E-state index is 12.1. The first kappa shape index (κ1) is 17.8. The second kappa shape index (κ2) is 7.33. The maximum absolute atomic E-state index is 12.1. The molecule has 0 spiro atoms. The fourth-order valence-corrected chi connectivity index (χ4v) is 4.67. The molecule has 124 valence electrons. The van der Waals surface area contributed by atoms with Crippen molar-refractivity contribution >= 4 is 43.2 Å². The lowest BCUT2D eigenvalue weighted by Gasteiger charge is -2.14. The average Bonchev–Trinajstić information content (AvgIpc) is 2.95. The number of methoxy groups -OCH3 is 1. The van der Waals surface area contributed by atoms with Crippen molar-refractivity contribution in [2.45, 2.75) is 17.2 Å². The van der Waals surface area contributed by atoms with Crippen molar-refractivity contribution in [2.24, 2.45) is 0 Å². The summed E-state index contributed by atoms with van der Waals surface area (Å²) in [5, 5.41) is 0. The van der Waals surface area contributed by atoms with E-state index in [4.69, 9.17) is 9.47 Å². The number of carbonyl (C=O) groups excluding carboxylic acids is 1. The van der Waals surface area contributed by atoms with Gasteiger partial charge >= 0.3 is 0 Å². The van der Waals surface area contributed by atoms with Gasteiger partial charge in [-0.3, -0.25) is 4.79 Å². The molecule has 23 heavy (non-hydrogen) atoms. The van der Waals surface area contributed by atoms with Gasteiger partial charge in [0.2, 0.25) is 0 Å². The number of benzene rings is 1. The highest BCUT2D eigenvalue weighted by Crippen LogP contribution is 2.26. The van der Waals surface area contributed by atoms with Gasteiger partial charge in [0.25, 0.3) is 15.9 Å². The number of hydrogen-bond donors (Lipinski definition) is 1. The lowest BCUT2D eigenvalue weighted by atomic mass is 10.3. The highest BCUT2D eigenvalue weighted by Gasteiger charge is 2.24. The van der Waals surface area contributed by atoms with Crippen LogP contribution in [0.3, 0.4) is 0 Å². The third-order valence-corrected chi connectivity index (χ3v) is 6.25. The molecule has 1 amide bonds. The van der Waals surface area contributed by atoms with E-state index in [0.29, 0.717) is 15.3 Å². The Labute approximate surface area is 146 Å². The predicted molar refractivity (Wildman–Crippen MR) is 90.4 cm³/mol. The monoisotopic (exact) mass is 419 g/mol. The number of amides is 1. The average molecular weight is 420 g/mol. The highest BCUT2D eigenvalue weighted by atomic mass is 79.9. The van der Waals surface area contributed by atoms with Crippen LogP contribution in [-0.2, 0) is 14.8 Å². The van der Waals surface area contributed by atoms with Crippen LogP contribution in [-0.4, -0.2) is 27.5 Å². The molecule has 0 saturated heterocycles. The summed E-state index contributed by atoms with van der Waals surface area (Å²) in [6, 6.07) is 9.64. The predicted octanol–water partition coefficient (Wildman–Crippen LogP) is 2.79. The molecule has 2 rings (SSSR count). The first-order chi connectivity index (χ1) is 10.8. The van der Waals surface area contributed by atoms with Crippen LogP contribution in [0.15, 0.2) is 44.4 Å². The Hall–Kier alpha value is -1.58. The molecule has 0 radical (unpaired) electrons. The van der Waals surface area contributed by atoms with Crippen molar-refractivity contribution in [3.63, 3.8) is 0 Å². The van der Waals surface area contributed by atoms with Crippen molar-refractivity contribution in [2.75, 3.05) is 7.11 Å². The van der Waals surface area contributed by atoms with E-state index in [2.05, 4.69) is 15.9 Å². The molecular formula is C14H14BrNO5S2. The molecule has 0 saturated carbocycles. The number of carbonyl (C=O) groups is 1. The molecular weight excluding hydrogens is 406 g/mol. The van der Waals surface area contributed by atoms with Gasteiger partial charge in [-0.25, -0.2) is 13.1 Å². The van der Waals surface area contributed by atoms with Crippen molar-refractivity contribution < 1.29 is 22.7 Å². The van der Waals surface area contributed by atoms with Gasteiger partial charge in [-0.05, 0) is 59.3 Å². The molecule has 1 aromatic carbocycles. The Morgan fingerprint density at radius 3 is 2.30 bits per heavy atom. The van der Waals surface area contributed by atoms with Gasteiger partial charge in [-0.2, -0.15) is 0 Å². The number of hydrogen-bond acceptors (Lipinski definition) is 6. The molecule has 0 bridgehead atoms. The van der Waals surface area contributed by atoms with Crippen molar-refractivity contribution in [3.05, 3.63) is 40.2 Å². The number of sulfonamides is 1. The fourth-order valence-electron chi connectivity index (χ4n) is 1.62. The van der Waals surface area contributed by atoms with Gasteiger partial charge in [0.05, 0.1) is 10.9 Å². The first-order valence-corrected chi connectivity index (χ1v) is 9.54. The van der Waals surface area contributed by atoms with Crippen LogP contribution >= 0.6 is 27.3 Å². The van der Waals surface area contributed by atoms with E-state index >= 15 is 0 Å². The maximum Gasteiger partial charge on any atom is 0.274 e. The fraction of sp³-hybridized carbons (Fsp3) is 0.214. The van der Waals surface area contributed by atoms with Crippen LogP contribution in [0.1, 0.15) is 6.92 Å². The molecule has 0 aliphatic rings. The summed E-state index contributed by atoms with van der Waals surface area (Å²) in [5.41, 5.74) is 0. The summed E-state index contributed by atoms with van der Waals surface area (Å²) in [7, 11) is -2.36. The summed E-state index contributed by atoms with van der Waals surface area (Å²) in [5.74, 6) is 0.343. The van der Waals surface area contributed by atoms with Gasteiger partial charge in [0, 0.05) is 0 Å². The van der Waals surface area contributed by atoms with Gasteiger partial charge < -0.3 is 9.47 Å². The third-order valence-electron chi connectivity index (χ3n) is 2.79. The molecule has 0 aliphatic heterocycles. The van der Waals surface area contributed by atoms with E-state index in [1.807, 2.05) is 4.72 Å². The highest BCUT2D eigenvalue weighted by molar-refractivity contribution is 9.11. The Morgan fingerprint density at radius 1 is 1.17 bits per heavy atom. The zero-order valence-corrected chi connectivity index (χ0v) is 15.5. The van der Waals surface area contributed by atoms with E-state index < -0.39 is 22.0 Å². The molecule has 1 N–H and O–H groups in total. The van der Waals surface area contributed by atoms with E-state index in [-0.39, 0.29) is 4.21 Å². The Kier molecular flexibility index (Phi) is 5.66. The third kappa shape index (κ3) is 4.69. The van der Waals surface area contributed by atoms with Crippen LogP contribution in [0.2, 0.25) is 0 Å². The Bertz CT molecular complexity index is 786. The largest absolute Gasteiger partial charge is 0.497 e. The van der Waals surface area contributed by atoms with Crippen molar-refractivity contribution in [1.29, 1.82) is 0 Å². The SMILES string of the molecule is COc1ccc(O[C@H](C)C(=O)NS(=O)(=O)c2ccc(Br)s2)cc1. The zero-order chi connectivity index (χ0) is 17.0. The summed E-state index contributed by atoms with van der Waals surface area (Å²) in [6.45, 7) is 1.47. The molecule has 2 aromatic rings. The normalized spacial score (nSPS) is 12.5. The first-order valence-electron chi connectivity index (χ1n) is 6.44. The number of ether oxygens (including phenoxy) is 2. The lowest BCUT2D eigenvalue weighted by molar-refractivity contribution is -0.125. The second-order valence-electron chi connectivity index (χ2n) is 4.46. The number of halogens is 1. The molecule has 6 nitrogen and oxygen atoms in total. The van der Waals surface area contributed by atoms with E-state index in [9.17, 15) is 13.2 Å². The number of thiophene rings is 1. The van der Waals surface area contributed by atoms with Gasteiger partial charge in [0.15, 0.2) is 6.10 Å². The molecule has 1 atom stereocenters. The van der Waals surface area contributed by atoms with E-state index in [1.165, 1.54) is 13.0 Å². The van der Waals surface area contributed by atoms with E-state index in [1.54, 1.807) is 37.4 Å². The minimum Gasteiger partial charge on any atom is -0.497 e. The van der Waals surface area contributed by atoms with Crippen LogP contribution in [0.25, 0.3) is 0 Å². The Morgan fingerprint density at radius 2 is 1.78 bits per heavy atom. The molecule has 9 heteroatoms. The summed E-state index contributed by atoms with van der Waals surface area (Å²) in [4.78, 5) is 12.0. The number of nitrogens with one attached hydrogen (secondary N) is 1. The molecule has 0 unspecified atom stereocenters. The summed E-state index contributed by atoms with van der Waals surface area (Å²) in [6.07, 6.45) is -0.971. The zero-order valence-electron chi connectivity index (χ0n) is 12.3. The quantitative estimate of drug-likeness (QED) is 0.778.